The van der Waals surface area contributed by atoms with E-state index < -0.39 is 44.0 Å². The van der Waals surface area contributed by atoms with Crippen molar-refractivity contribution >= 4 is 27.2 Å². The third-order valence-electron chi connectivity index (χ3n) is 5.83. The van der Waals surface area contributed by atoms with Gasteiger partial charge in [0.25, 0.3) is 0 Å². The average molecular weight is 457 g/mol. The van der Waals surface area contributed by atoms with Crippen LogP contribution in [0, 0.1) is 17.6 Å². The minimum absolute atomic E-state index is 0.0311. The lowest BCUT2D eigenvalue weighted by molar-refractivity contribution is -0.126. The van der Waals surface area contributed by atoms with E-state index in [0.717, 1.165) is 12.1 Å². The summed E-state index contributed by atoms with van der Waals surface area (Å²) >= 11 is 5.91. The van der Waals surface area contributed by atoms with Crippen molar-refractivity contribution in [1.82, 2.24) is 0 Å². The summed E-state index contributed by atoms with van der Waals surface area (Å²) in [4.78, 5) is 11.7. The number of carbonyl (C=O) groups is 1. The number of benzene rings is 2. The summed E-state index contributed by atoms with van der Waals surface area (Å²) in [6, 6.07) is 7.33. The third kappa shape index (κ3) is 3.13. The zero-order valence-corrected chi connectivity index (χ0v) is 17.6. The molecule has 2 aromatic carbocycles. The van der Waals surface area contributed by atoms with Crippen LogP contribution < -0.4 is 4.74 Å². The molecule has 0 saturated carbocycles. The van der Waals surface area contributed by atoms with Crippen molar-refractivity contribution < 1.29 is 31.5 Å². The van der Waals surface area contributed by atoms with Crippen LogP contribution in [-0.4, -0.2) is 33.5 Å². The predicted molar refractivity (Wildman–Crippen MR) is 105 cm³/mol. The van der Waals surface area contributed by atoms with Gasteiger partial charge in [0.2, 0.25) is 0 Å². The van der Waals surface area contributed by atoms with Crippen LogP contribution in [0.5, 0.6) is 5.75 Å². The number of ketones is 1. The largest absolute Gasteiger partial charge is 0.490 e. The van der Waals surface area contributed by atoms with Crippen molar-refractivity contribution in [3.63, 3.8) is 0 Å². The van der Waals surface area contributed by atoms with Gasteiger partial charge in [0.05, 0.1) is 23.2 Å². The highest BCUT2D eigenvalue weighted by atomic mass is 35.5. The second-order valence-electron chi connectivity index (χ2n) is 7.56. The van der Waals surface area contributed by atoms with Crippen molar-refractivity contribution in [2.24, 2.45) is 5.92 Å². The zero-order chi connectivity index (χ0) is 21.7. The van der Waals surface area contributed by atoms with Crippen molar-refractivity contribution in [3.05, 3.63) is 58.6 Å². The molecule has 30 heavy (non-hydrogen) atoms. The van der Waals surface area contributed by atoms with E-state index in [9.17, 15) is 17.6 Å². The van der Waals surface area contributed by atoms with Crippen LogP contribution in [0.25, 0.3) is 0 Å². The van der Waals surface area contributed by atoms with Crippen molar-refractivity contribution in [2.45, 2.75) is 35.5 Å². The number of hydrogen-bond donors (Lipinski definition) is 0. The normalized spacial score (nSPS) is 25.7. The Hall–Kier alpha value is -2.03. The summed E-state index contributed by atoms with van der Waals surface area (Å²) in [5, 5.41) is 0.342. The predicted octanol–water partition coefficient (Wildman–Crippen LogP) is 4.06. The van der Waals surface area contributed by atoms with Crippen LogP contribution in [0.1, 0.15) is 25.3 Å². The smallest absolute Gasteiger partial charge is 0.189 e. The molecule has 5 nitrogen and oxygen atoms in total. The van der Waals surface area contributed by atoms with Gasteiger partial charge in [-0.2, -0.15) is 0 Å². The summed E-state index contributed by atoms with van der Waals surface area (Å²) in [5.74, 6) is -3.24. The Labute approximate surface area is 177 Å². The lowest BCUT2D eigenvalue weighted by Gasteiger charge is -2.50. The summed E-state index contributed by atoms with van der Waals surface area (Å²) in [7, 11) is -4.26. The topological polar surface area (TPSA) is 69.7 Å². The van der Waals surface area contributed by atoms with E-state index in [4.69, 9.17) is 21.1 Å². The van der Waals surface area contributed by atoms with Gasteiger partial charge in [-0.1, -0.05) is 11.6 Å². The van der Waals surface area contributed by atoms with Crippen molar-refractivity contribution in [1.29, 1.82) is 0 Å². The standard InChI is InChI=1S/C21H19ClF2O5S/c1-12(25)10-18-15-11-29-20-17(24)7-6-16(23)19(20)21(15,8-9-28-18)30(26,27)14-4-2-13(22)3-5-14/h2-7,15,18H,8-11H2,1H3/t15-,18-,21-/m0/s1. The molecule has 0 radical (unpaired) electrons. The van der Waals surface area contributed by atoms with Gasteiger partial charge in [-0.05, 0) is 49.7 Å². The first-order valence-electron chi connectivity index (χ1n) is 9.41. The van der Waals surface area contributed by atoms with Crippen LogP contribution >= 0.6 is 11.6 Å². The van der Waals surface area contributed by atoms with Crippen LogP contribution in [0.15, 0.2) is 41.3 Å². The number of rotatable bonds is 4. The lowest BCUT2D eigenvalue weighted by atomic mass is 9.75. The first-order chi connectivity index (χ1) is 14.2. The molecule has 2 aliphatic rings. The summed E-state index contributed by atoms with van der Waals surface area (Å²) in [6.45, 7) is 1.11. The van der Waals surface area contributed by atoms with Crippen molar-refractivity contribution in [2.75, 3.05) is 13.2 Å². The Morgan fingerprint density at radius 2 is 1.83 bits per heavy atom. The molecule has 9 heteroatoms. The fourth-order valence-electron chi connectivity index (χ4n) is 4.53. The number of carbonyl (C=O) groups excluding carboxylic acids is 1. The molecule has 0 aliphatic carbocycles. The summed E-state index contributed by atoms with van der Waals surface area (Å²) in [5.41, 5.74) is -0.342. The number of sulfone groups is 1. The Morgan fingerprint density at radius 1 is 1.17 bits per heavy atom. The molecule has 0 spiro atoms. The first kappa shape index (κ1) is 21.2. The van der Waals surface area contributed by atoms with Gasteiger partial charge in [0.1, 0.15) is 16.3 Å². The van der Waals surface area contributed by atoms with Crippen LogP contribution in [-0.2, 0) is 24.1 Å². The van der Waals surface area contributed by atoms with Crippen LogP contribution in [0.2, 0.25) is 5.02 Å². The van der Waals surface area contributed by atoms with E-state index in [0.29, 0.717) is 5.02 Å². The summed E-state index contributed by atoms with van der Waals surface area (Å²) < 4.78 is 67.0. The maximum atomic E-state index is 15.1. The molecule has 1 saturated heterocycles. The molecule has 0 aromatic heterocycles. The van der Waals surface area contributed by atoms with Gasteiger partial charge in [-0.15, -0.1) is 0 Å². The second kappa shape index (κ2) is 7.59. The minimum atomic E-state index is -4.26. The monoisotopic (exact) mass is 456 g/mol. The second-order valence-corrected chi connectivity index (χ2v) is 10.2. The molecule has 2 aliphatic heterocycles. The molecule has 1 fully saturated rings. The molecule has 0 unspecified atom stereocenters. The molecule has 0 amide bonds. The van der Waals surface area contributed by atoms with Gasteiger partial charge >= 0.3 is 0 Å². The van der Waals surface area contributed by atoms with Gasteiger partial charge in [-0.25, -0.2) is 17.2 Å². The number of ether oxygens (including phenoxy) is 2. The fraction of sp³-hybridized carbons (Fsp3) is 0.381. The first-order valence-corrected chi connectivity index (χ1v) is 11.3. The highest BCUT2D eigenvalue weighted by Gasteiger charge is 2.61. The average Bonchev–Trinajstić information content (AvgIpc) is 2.70. The molecular formula is C21H19ClF2O5S. The van der Waals surface area contributed by atoms with Crippen molar-refractivity contribution in [3.8, 4) is 5.75 Å². The van der Waals surface area contributed by atoms with E-state index in [-0.39, 0.29) is 42.3 Å². The van der Waals surface area contributed by atoms with Gasteiger partial charge in [0, 0.05) is 24.0 Å². The molecular weight excluding hydrogens is 438 g/mol. The maximum Gasteiger partial charge on any atom is 0.189 e. The van der Waals surface area contributed by atoms with Gasteiger partial charge in [0.15, 0.2) is 21.4 Å². The molecule has 4 rings (SSSR count). The van der Waals surface area contributed by atoms with Crippen LogP contribution in [0.4, 0.5) is 8.78 Å². The van der Waals surface area contributed by atoms with Crippen LogP contribution in [0.3, 0.4) is 0 Å². The van der Waals surface area contributed by atoms with Gasteiger partial charge in [-0.3, -0.25) is 4.79 Å². The number of fused-ring (bicyclic) bond motifs is 3. The van der Waals surface area contributed by atoms with E-state index in [1.165, 1.54) is 31.2 Å². The Morgan fingerprint density at radius 3 is 2.50 bits per heavy atom. The SMILES string of the molecule is CC(=O)C[C@@H]1OCC[C@@]2(S(=O)(=O)c3ccc(Cl)cc3)c3c(F)ccc(F)c3OC[C@@H]12. The van der Waals surface area contributed by atoms with E-state index in [1.54, 1.807) is 0 Å². The highest BCUT2D eigenvalue weighted by molar-refractivity contribution is 7.92. The Kier molecular flexibility index (Phi) is 5.36. The quantitative estimate of drug-likeness (QED) is 0.693. The number of hydrogen-bond acceptors (Lipinski definition) is 5. The molecule has 160 valence electrons. The molecule has 2 aromatic rings. The van der Waals surface area contributed by atoms with E-state index in [2.05, 4.69) is 0 Å². The molecule has 3 atom stereocenters. The number of Topliss-reactive ketones (excluding diaryl/α,β-unsaturated/α-hetero) is 1. The number of halogens is 3. The Balaban J connectivity index is 2.01. The maximum absolute atomic E-state index is 15.1. The highest BCUT2D eigenvalue weighted by Crippen LogP contribution is 2.55. The van der Waals surface area contributed by atoms with Gasteiger partial charge < -0.3 is 9.47 Å². The van der Waals surface area contributed by atoms with E-state index in [1.807, 2.05) is 0 Å². The fourth-order valence-corrected chi connectivity index (χ4v) is 7.00. The third-order valence-corrected chi connectivity index (χ3v) is 8.65. The lowest BCUT2D eigenvalue weighted by Crippen LogP contribution is -2.57. The minimum Gasteiger partial charge on any atom is -0.490 e. The molecule has 2 heterocycles. The summed E-state index contributed by atoms with van der Waals surface area (Å²) in [6.07, 6.45) is -0.972. The molecule has 0 N–H and O–H groups in total. The van der Waals surface area contributed by atoms with E-state index >= 15 is 4.39 Å². The zero-order valence-electron chi connectivity index (χ0n) is 16.0. The Bertz CT molecular complexity index is 1100. The molecule has 0 bridgehead atoms.